The molecule has 1 N–H and O–H groups in total. The first kappa shape index (κ1) is 19.5. The molecule has 8 heteroatoms. The highest BCUT2D eigenvalue weighted by atomic mass is 35.5. The Bertz CT molecular complexity index is 794. The third-order valence-corrected chi connectivity index (χ3v) is 4.16. The summed E-state index contributed by atoms with van der Waals surface area (Å²) in [6.07, 6.45) is -1.09. The highest BCUT2D eigenvalue weighted by Gasteiger charge is 2.29. The molecule has 2 aromatic carbocycles. The Morgan fingerprint density at radius 3 is 2.36 bits per heavy atom. The van der Waals surface area contributed by atoms with Crippen molar-refractivity contribution >= 4 is 21.7 Å². The van der Waals surface area contributed by atoms with E-state index in [9.17, 15) is 13.5 Å². The Morgan fingerprint density at radius 1 is 1.12 bits per heavy atom. The standard InChI is InChI=1S/C17H19ClO6S/c1-22-15-10-13(18)8-9-14(15)23-17(12-6-4-3-5-7-12)16(11-19)24-25(2,20)21/h3-10,16-17,19H,11H2,1-2H3/t16-,17+/m0/s1. The predicted molar refractivity (Wildman–Crippen MR) is 94.6 cm³/mol. The van der Waals surface area contributed by atoms with Gasteiger partial charge in [0, 0.05) is 11.1 Å². The number of benzene rings is 2. The third-order valence-electron chi connectivity index (χ3n) is 3.32. The molecule has 136 valence electrons. The van der Waals surface area contributed by atoms with Crippen molar-refractivity contribution in [2.75, 3.05) is 20.0 Å². The van der Waals surface area contributed by atoms with Crippen LogP contribution in [0.15, 0.2) is 48.5 Å². The lowest BCUT2D eigenvalue weighted by Gasteiger charge is -2.27. The third kappa shape index (κ3) is 5.61. The molecule has 0 aliphatic heterocycles. The second-order valence-corrected chi connectivity index (χ2v) is 7.30. The zero-order chi connectivity index (χ0) is 18.4. The van der Waals surface area contributed by atoms with Crippen molar-refractivity contribution in [2.24, 2.45) is 0 Å². The highest BCUT2D eigenvalue weighted by molar-refractivity contribution is 7.86. The Hall–Kier alpha value is -1.80. The molecule has 2 aromatic rings. The van der Waals surface area contributed by atoms with Gasteiger partial charge in [0.1, 0.15) is 6.10 Å². The monoisotopic (exact) mass is 386 g/mol. The van der Waals surface area contributed by atoms with Gasteiger partial charge in [-0.25, -0.2) is 0 Å². The van der Waals surface area contributed by atoms with Gasteiger partial charge in [-0.15, -0.1) is 0 Å². The van der Waals surface area contributed by atoms with E-state index in [1.54, 1.807) is 42.5 Å². The van der Waals surface area contributed by atoms with E-state index in [2.05, 4.69) is 0 Å². The van der Waals surface area contributed by atoms with Crippen LogP contribution >= 0.6 is 11.6 Å². The molecule has 0 aliphatic carbocycles. The molecule has 0 spiro atoms. The SMILES string of the molecule is COc1cc(Cl)ccc1O[C@H](c1ccccc1)[C@H](CO)OS(C)(=O)=O. The van der Waals surface area contributed by atoms with Crippen LogP contribution in [0.2, 0.25) is 5.02 Å². The van der Waals surface area contributed by atoms with Gasteiger partial charge in [0.25, 0.3) is 10.1 Å². The van der Waals surface area contributed by atoms with E-state index in [-0.39, 0.29) is 0 Å². The Morgan fingerprint density at radius 2 is 1.80 bits per heavy atom. The van der Waals surface area contributed by atoms with Gasteiger partial charge >= 0.3 is 0 Å². The Kier molecular flexibility index (Phi) is 6.66. The highest BCUT2D eigenvalue weighted by Crippen LogP contribution is 2.35. The van der Waals surface area contributed by atoms with E-state index < -0.39 is 28.9 Å². The lowest BCUT2D eigenvalue weighted by Crippen LogP contribution is -2.32. The number of aliphatic hydroxyl groups is 1. The summed E-state index contributed by atoms with van der Waals surface area (Å²) in [5.41, 5.74) is 0.641. The molecule has 0 aliphatic rings. The molecule has 0 fully saturated rings. The lowest BCUT2D eigenvalue weighted by atomic mass is 10.0. The fourth-order valence-corrected chi connectivity index (χ4v) is 3.05. The van der Waals surface area contributed by atoms with Crippen LogP contribution in [0, 0.1) is 0 Å². The van der Waals surface area contributed by atoms with Crippen LogP contribution in [0.5, 0.6) is 11.5 Å². The summed E-state index contributed by atoms with van der Waals surface area (Å²) in [5, 5.41) is 10.1. The lowest BCUT2D eigenvalue weighted by molar-refractivity contribution is 0.0180. The molecule has 2 rings (SSSR count). The van der Waals surface area contributed by atoms with Crippen molar-refractivity contribution in [3.8, 4) is 11.5 Å². The van der Waals surface area contributed by atoms with Gasteiger partial charge < -0.3 is 14.6 Å². The van der Waals surface area contributed by atoms with Gasteiger partial charge in [0.15, 0.2) is 17.6 Å². The minimum absolute atomic E-state index is 0.344. The molecule has 0 bridgehead atoms. The molecule has 6 nitrogen and oxygen atoms in total. The normalized spacial score (nSPS) is 13.9. The number of ether oxygens (including phenoxy) is 2. The summed E-state index contributed by atoms with van der Waals surface area (Å²) in [4.78, 5) is 0. The summed E-state index contributed by atoms with van der Waals surface area (Å²) < 4.78 is 39.2. The molecular formula is C17H19ClO6S. The number of hydrogen-bond donors (Lipinski definition) is 1. The van der Waals surface area contributed by atoms with Crippen LogP contribution in [0.1, 0.15) is 11.7 Å². The average molecular weight is 387 g/mol. The van der Waals surface area contributed by atoms with E-state index >= 15 is 0 Å². The first-order valence-electron chi connectivity index (χ1n) is 7.38. The van der Waals surface area contributed by atoms with Crippen molar-refractivity contribution in [1.82, 2.24) is 0 Å². The van der Waals surface area contributed by atoms with Gasteiger partial charge in [-0.05, 0) is 17.7 Å². The van der Waals surface area contributed by atoms with Crippen LogP contribution in [0.3, 0.4) is 0 Å². The Balaban J connectivity index is 2.42. The molecule has 0 amide bonds. The number of hydrogen-bond acceptors (Lipinski definition) is 6. The molecule has 0 aromatic heterocycles. The fraction of sp³-hybridized carbons (Fsp3) is 0.294. The molecule has 2 atom stereocenters. The van der Waals surface area contributed by atoms with Crippen LogP contribution in [0.4, 0.5) is 0 Å². The van der Waals surface area contributed by atoms with E-state index in [0.29, 0.717) is 22.1 Å². The summed E-state index contributed by atoms with van der Waals surface area (Å²) in [6, 6.07) is 13.7. The first-order chi connectivity index (χ1) is 11.8. The fourth-order valence-electron chi connectivity index (χ4n) is 2.28. The zero-order valence-corrected chi connectivity index (χ0v) is 15.3. The van der Waals surface area contributed by atoms with E-state index in [4.69, 9.17) is 25.3 Å². The number of rotatable bonds is 8. The maximum Gasteiger partial charge on any atom is 0.264 e. The maximum absolute atomic E-state index is 11.5. The second-order valence-electron chi connectivity index (χ2n) is 5.27. The van der Waals surface area contributed by atoms with Gasteiger partial charge in [-0.1, -0.05) is 41.9 Å². The zero-order valence-electron chi connectivity index (χ0n) is 13.8. The van der Waals surface area contributed by atoms with Crippen molar-refractivity contribution in [3.63, 3.8) is 0 Å². The number of halogens is 1. The maximum atomic E-state index is 11.5. The van der Waals surface area contributed by atoms with Crippen LogP contribution in [-0.4, -0.2) is 39.6 Å². The topological polar surface area (TPSA) is 82.1 Å². The minimum Gasteiger partial charge on any atom is -0.493 e. The van der Waals surface area contributed by atoms with E-state index in [1.807, 2.05) is 6.07 Å². The molecule has 0 saturated carbocycles. The Labute approximate surface area is 152 Å². The number of aliphatic hydroxyl groups excluding tert-OH is 1. The van der Waals surface area contributed by atoms with Crippen LogP contribution < -0.4 is 9.47 Å². The number of methoxy groups -OCH3 is 1. The molecule has 0 radical (unpaired) electrons. The van der Waals surface area contributed by atoms with Crippen molar-refractivity contribution in [3.05, 3.63) is 59.1 Å². The van der Waals surface area contributed by atoms with Gasteiger partial charge in [-0.3, -0.25) is 4.18 Å². The largest absolute Gasteiger partial charge is 0.493 e. The summed E-state index contributed by atoms with van der Waals surface area (Å²) in [6.45, 7) is -0.553. The van der Waals surface area contributed by atoms with E-state index in [0.717, 1.165) is 6.26 Å². The summed E-state index contributed by atoms with van der Waals surface area (Å²) in [7, 11) is -2.33. The van der Waals surface area contributed by atoms with Crippen molar-refractivity contribution in [2.45, 2.75) is 12.2 Å². The van der Waals surface area contributed by atoms with Crippen LogP contribution in [-0.2, 0) is 14.3 Å². The van der Waals surface area contributed by atoms with Crippen molar-refractivity contribution < 1.29 is 27.2 Å². The summed E-state index contributed by atoms with van der Waals surface area (Å²) >= 11 is 5.95. The van der Waals surface area contributed by atoms with E-state index in [1.165, 1.54) is 7.11 Å². The smallest absolute Gasteiger partial charge is 0.264 e. The second kappa shape index (κ2) is 8.53. The van der Waals surface area contributed by atoms with Crippen LogP contribution in [0.25, 0.3) is 0 Å². The van der Waals surface area contributed by atoms with Gasteiger partial charge in [-0.2, -0.15) is 8.42 Å². The minimum atomic E-state index is -3.80. The quantitative estimate of drug-likeness (QED) is 0.702. The molecule has 0 unspecified atom stereocenters. The van der Waals surface area contributed by atoms with Gasteiger partial charge in [0.2, 0.25) is 0 Å². The average Bonchev–Trinajstić information content (AvgIpc) is 2.58. The van der Waals surface area contributed by atoms with Crippen molar-refractivity contribution in [1.29, 1.82) is 0 Å². The summed E-state index contributed by atoms with van der Waals surface area (Å²) in [5.74, 6) is 0.723. The molecule has 25 heavy (non-hydrogen) atoms. The van der Waals surface area contributed by atoms with Gasteiger partial charge in [0.05, 0.1) is 20.0 Å². The first-order valence-corrected chi connectivity index (χ1v) is 9.57. The molecule has 0 heterocycles. The predicted octanol–water partition coefficient (Wildman–Crippen LogP) is 2.81. The molecular weight excluding hydrogens is 368 g/mol. The molecule has 0 saturated heterocycles.